The topological polar surface area (TPSA) is 97.6 Å². The number of nitriles is 1. The third-order valence-electron chi connectivity index (χ3n) is 4.42. The fourth-order valence-corrected chi connectivity index (χ4v) is 3.73. The van der Waals surface area contributed by atoms with Crippen molar-refractivity contribution in [3.63, 3.8) is 0 Å². The standard InChI is InChI=1S/C22H20FN5OS/c1-15(25)18(13-24)20(29)14-30-22-27-26-21(17-9-5-6-10-19(17)23)28(22)12-11-16-7-3-2-4-8-16/h2-10H,11-12,14,25H2,1H3/b18-15-. The second kappa shape index (κ2) is 9.85. The van der Waals surface area contributed by atoms with Gasteiger partial charge in [-0.3, -0.25) is 4.79 Å². The van der Waals surface area contributed by atoms with Crippen LogP contribution in [0.4, 0.5) is 4.39 Å². The van der Waals surface area contributed by atoms with Gasteiger partial charge in [0, 0.05) is 12.2 Å². The van der Waals surface area contributed by atoms with Crippen LogP contribution < -0.4 is 5.73 Å². The van der Waals surface area contributed by atoms with Crippen LogP contribution in [-0.4, -0.2) is 26.3 Å². The van der Waals surface area contributed by atoms with E-state index in [1.807, 2.05) is 36.4 Å². The quantitative estimate of drug-likeness (QED) is 0.338. The highest BCUT2D eigenvalue weighted by atomic mass is 32.2. The van der Waals surface area contributed by atoms with E-state index in [4.69, 9.17) is 11.0 Å². The fraction of sp³-hybridized carbons (Fsp3) is 0.182. The highest BCUT2D eigenvalue weighted by molar-refractivity contribution is 7.99. The van der Waals surface area contributed by atoms with Gasteiger partial charge >= 0.3 is 0 Å². The van der Waals surface area contributed by atoms with E-state index in [1.54, 1.807) is 22.8 Å². The number of thioether (sulfide) groups is 1. The van der Waals surface area contributed by atoms with Crippen LogP contribution >= 0.6 is 11.8 Å². The van der Waals surface area contributed by atoms with Crippen molar-refractivity contribution in [1.29, 1.82) is 5.26 Å². The molecule has 3 rings (SSSR count). The van der Waals surface area contributed by atoms with Gasteiger partial charge in [-0.2, -0.15) is 5.26 Å². The first-order chi connectivity index (χ1) is 14.5. The van der Waals surface area contributed by atoms with Crippen LogP contribution in [0.1, 0.15) is 12.5 Å². The Bertz CT molecular complexity index is 1110. The molecule has 0 spiro atoms. The third kappa shape index (κ3) is 4.93. The number of aryl methyl sites for hydroxylation is 1. The second-order valence-electron chi connectivity index (χ2n) is 6.55. The lowest BCUT2D eigenvalue weighted by atomic mass is 10.1. The lowest BCUT2D eigenvalue weighted by molar-refractivity contribution is -0.112. The average Bonchev–Trinajstić information content (AvgIpc) is 3.14. The van der Waals surface area contributed by atoms with Crippen molar-refractivity contribution in [2.45, 2.75) is 25.0 Å². The Morgan fingerprint density at radius 2 is 1.87 bits per heavy atom. The lowest BCUT2D eigenvalue weighted by Gasteiger charge is -2.11. The summed E-state index contributed by atoms with van der Waals surface area (Å²) in [5.41, 5.74) is 7.18. The normalized spacial score (nSPS) is 11.6. The van der Waals surface area contributed by atoms with Crippen molar-refractivity contribution in [2.75, 3.05) is 5.75 Å². The van der Waals surface area contributed by atoms with Crippen molar-refractivity contribution in [2.24, 2.45) is 5.73 Å². The van der Waals surface area contributed by atoms with Crippen molar-refractivity contribution >= 4 is 17.5 Å². The minimum atomic E-state index is -0.396. The van der Waals surface area contributed by atoms with Crippen LogP contribution in [-0.2, 0) is 17.8 Å². The highest BCUT2D eigenvalue weighted by Crippen LogP contribution is 2.27. The van der Waals surface area contributed by atoms with Gasteiger partial charge in [-0.05, 0) is 31.0 Å². The molecule has 0 fully saturated rings. The highest BCUT2D eigenvalue weighted by Gasteiger charge is 2.19. The summed E-state index contributed by atoms with van der Waals surface area (Å²) in [7, 11) is 0. The van der Waals surface area contributed by atoms with Crippen LogP contribution in [0.25, 0.3) is 11.4 Å². The number of benzene rings is 2. The number of aromatic nitrogens is 3. The van der Waals surface area contributed by atoms with Crippen LogP contribution in [0.5, 0.6) is 0 Å². The number of nitrogens with zero attached hydrogens (tertiary/aromatic N) is 4. The van der Waals surface area contributed by atoms with Crippen molar-refractivity contribution in [3.05, 3.63) is 77.2 Å². The number of carbonyl (C=O) groups excluding carboxylic acids is 1. The smallest absolute Gasteiger partial charge is 0.191 e. The largest absolute Gasteiger partial charge is 0.401 e. The van der Waals surface area contributed by atoms with Crippen LogP contribution in [0.15, 0.2) is 71.0 Å². The number of halogens is 1. The molecule has 0 radical (unpaired) electrons. The Morgan fingerprint density at radius 1 is 1.17 bits per heavy atom. The van der Waals surface area contributed by atoms with Gasteiger partial charge in [0.1, 0.15) is 17.5 Å². The first kappa shape index (κ1) is 21.3. The molecule has 30 heavy (non-hydrogen) atoms. The number of ketones is 1. The molecule has 6 nitrogen and oxygen atoms in total. The molecular formula is C22H20FN5OS. The molecule has 0 aliphatic rings. The van der Waals surface area contributed by atoms with Gasteiger partial charge in [-0.25, -0.2) is 4.39 Å². The summed E-state index contributed by atoms with van der Waals surface area (Å²) in [5, 5.41) is 17.9. The zero-order valence-corrected chi connectivity index (χ0v) is 17.2. The van der Waals surface area contributed by atoms with Gasteiger partial charge in [0.15, 0.2) is 16.8 Å². The number of Topliss-reactive ketones (excluding diaryl/α,β-unsaturated/α-hetero) is 1. The van der Waals surface area contributed by atoms with Crippen LogP contribution in [0.2, 0.25) is 0 Å². The number of hydrogen-bond donors (Lipinski definition) is 1. The van der Waals surface area contributed by atoms with Gasteiger partial charge in [0.25, 0.3) is 0 Å². The maximum absolute atomic E-state index is 14.4. The first-order valence-electron chi connectivity index (χ1n) is 9.25. The molecular weight excluding hydrogens is 401 g/mol. The number of nitrogens with two attached hydrogens (primary N) is 1. The number of allylic oxidation sites excluding steroid dienone is 2. The molecule has 1 aromatic heterocycles. The molecule has 0 unspecified atom stereocenters. The first-order valence-corrected chi connectivity index (χ1v) is 10.2. The van der Waals surface area contributed by atoms with Crippen molar-refractivity contribution in [3.8, 4) is 17.5 Å². The monoisotopic (exact) mass is 421 g/mol. The summed E-state index contributed by atoms with van der Waals surface area (Å²) in [6.07, 6.45) is 0.688. The maximum atomic E-state index is 14.4. The van der Waals surface area contributed by atoms with Gasteiger partial charge in [0.2, 0.25) is 0 Å². The molecule has 0 amide bonds. The summed E-state index contributed by atoms with van der Waals surface area (Å²) in [6.45, 7) is 2.02. The van der Waals surface area contributed by atoms with Crippen LogP contribution in [0.3, 0.4) is 0 Å². The summed E-state index contributed by atoms with van der Waals surface area (Å²) in [5.74, 6) is -0.400. The zero-order valence-electron chi connectivity index (χ0n) is 16.4. The van der Waals surface area contributed by atoms with Gasteiger partial charge in [0.05, 0.1) is 11.3 Å². The van der Waals surface area contributed by atoms with E-state index in [-0.39, 0.29) is 22.8 Å². The molecule has 1 heterocycles. The van der Waals surface area contributed by atoms with E-state index < -0.39 is 5.82 Å². The van der Waals surface area contributed by atoms with E-state index in [1.165, 1.54) is 13.0 Å². The summed E-state index contributed by atoms with van der Waals surface area (Å²) >= 11 is 1.15. The van der Waals surface area contributed by atoms with Crippen LogP contribution in [0, 0.1) is 17.1 Å². The number of rotatable bonds is 8. The van der Waals surface area contributed by atoms with Gasteiger partial charge in [-0.15, -0.1) is 10.2 Å². The van der Waals surface area contributed by atoms with E-state index in [0.717, 1.165) is 17.3 Å². The molecule has 0 aliphatic heterocycles. The summed E-state index contributed by atoms with van der Waals surface area (Å²) < 4.78 is 16.2. The lowest BCUT2D eigenvalue weighted by Crippen LogP contribution is -2.11. The van der Waals surface area contributed by atoms with Gasteiger partial charge < -0.3 is 10.3 Å². The maximum Gasteiger partial charge on any atom is 0.191 e. The molecule has 3 aromatic rings. The molecule has 0 saturated heterocycles. The number of carbonyl (C=O) groups is 1. The van der Waals surface area contributed by atoms with Gasteiger partial charge in [-0.1, -0.05) is 54.2 Å². The SMILES string of the molecule is C/C(N)=C(\C#N)C(=O)CSc1nnc(-c2ccccc2F)n1CCc1ccccc1. The van der Waals surface area contributed by atoms with Crippen molar-refractivity contribution in [1.82, 2.24) is 14.8 Å². The molecule has 0 saturated carbocycles. The molecule has 0 aliphatic carbocycles. The fourth-order valence-electron chi connectivity index (χ4n) is 2.90. The van der Waals surface area contributed by atoms with E-state index in [0.29, 0.717) is 29.5 Å². The Kier molecular flexibility index (Phi) is 6.99. The molecule has 152 valence electrons. The minimum absolute atomic E-state index is 0.0157. The summed E-state index contributed by atoms with van der Waals surface area (Å²) in [6, 6.07) is 18.1. The predicted molar refractivity (Wildman–Crippen MR) is 114 cm³/mol. The molecule has 0 atom stereocenters. The minimum Gasteiger partial charge on any atom is -0.401 e. The van der Waals surface area contributed by atoms with E-state index in [9.17, 15) is 9.18 Å². The summed E-state index contributed by atoms with van der Waals surface area (Å²) in [4.78, 5) is 12.3. The van der Waals surface area contributed by atoms with Crippen molar-refractivity contribution < 1.29 is 9.18 Å². The Hall–Kier alpha value is -3.44. The number of hydrogen-bond acceptors (Lipinski definition) is 6. The Morgan fingerprint density at radius 3 is 2.53 bits per heavy atom. The Balaban J connectivity index is 1.89. The predicted octanol–water partition coefficient (Wildman–Crippen LogP) is 3.74. The molecule has 2 N–H and O–H groups in total. The second-order valence-corrected chi connectivity index (χ2v) is 7.50. The molecule has 0 bridgehead atoms. The average molecular weight is 422 g/mol. The third-order valence-corrected chi connectivity index (χ3v) is 5.38. The molecule has 2 aromatic carbocycles. The van der Waals surface area contributed by atoms with E-state index >= 15 is 0 Å². The molecule has 8 heteroatoms. The van der Waals surface area contributed by atoms with E-state index in [2.05, 4.69) is 10.2 Å². The zero-order chi connectivity index (χ0) is 21.5. The Labute approximate surface area is 178 Å².